The Morgan fingerprint density at radius 1 is 1.33 bits per heavy atom. The van der Waals surface area contributed by atoms with Crippen LogP contribution in [0.15, 0.2) is 29.2 Å². The summed E-state index contributed by atoms with van der Waals surface area (Å²) in [5.41, 5.74) is -0.575. The second kappa shape index (κ2) is 9.34. The molecule has 0 heterocycles. The van der Waals surface area contributed by atoms with Crippen LogP contribution in [0.4, 0.5) is 0 Å². The van der Waals surface area contributed by atoms with Crippen molar-refractivity contribution in [1.82, 2.24) is 5.32 Å². The Labute approximate surface area is 136 Å². The van der Waals surface area contributed by atoms with Crippen LogP contribution in [-0.2, 0) is 9.53 Å². The fourth-order valence-electron chi connectivity index (χ4n) is 2.18. The Bertz CT molecular complexity index is 438. The van der Waals surface area contributed by atoms with Crippen molar-refractivity contribution in [2.24, 2.45) is 0 Å². The number of hydrogen-bond acceptors (Lipinski definition) is 4. The highest BCUT2D eigenvalue weighted by atomic mass is 35.5. The van der Waals surface area contributed by atoms with Crippen LogP contribution in [0.2, 0.25) is 5.02 Å². The molecule has 0 radical (unpaired) electrons. The zero-order valence-corrected chi connectivity index (χ0v) is 14.5. The van der Waals surface area contributed by atoms with Crippen molar-refractivity contribution < 1.29 is 9.53 Å². The summed E-state index contributed by atoms with van der Waals surface area (Å²) in [5.74, 6) is 0.847. The molecule has 0 amide bonds. The number of likely N-dealkylation sites (N-methyl/N-ethyl adjacent to an activating group) is 1. The molecular weight excluding hydrogens is 306 g/mol. The highest BCUT2D eigenvalue weighted by molar-refractivity contribution is 7.99. The maximum Gasteiger partial charge on any atom is 0.325 e. The molecule has 1 unspecified atom stereocenters. The molecule has 0 spiro atoms. The molecule has 118 valence electrons. The van der Waals surface area contributed by atoms with Crippen LogP contribution in [0.3, 0.4) is 0 Å². The number of methoxy groups -OCH3 is 1. The van der Waals surface area contributed by atoms with E-state index in [4.69, 9.17) is 16.3 Å². The zero-order chi connectivity index (χ0) is 15.7. The summed E-state index contributed by atoms with van der Waals surface area (Å²) in [6.07, 6.45) is 2.83. The standard InChI is InChI=1S/C16H24ClNO2S/c1-4-18-16(2,15(19)20-3)11-5-6-12-21-14-9-7-13(17)8-10-14/h7-10,18H,4-6,11-12H2,1-3H3. The number of rotatable bonds is 9. The van der Waals surface area contributed by atoms with Gasteiger partial charge in [0.2, 0.25) is 0 Å². The number of esters is 1. The van der Waals surface area contributed by atoms with Crippen LogP contribution in [-0.4, -0.2) is 30.9 Å². The van der Waals surface area contributed by atoms with Gasteiger partial charge in [-0.05, 0) is 56.3 Å². The van der Waals surface area contributed by atoms with Gasteiger partial charge in [0.25, 0.3) is 0 Å². The summed E-state index contributed by atoms with van der Waals surface area (Å²) in [7, 11) is 1.44. The number of ether oxygens (including phenoxy) is 1. The first-order valence-electron chi connectivity index (χ1n) is 7.23. The van der Waals surface area contributed by atoms with Gasteiger partial charge in [0.1, 0.15) is 5.54 Å². The Hall–Kier alpha value is -0.710. The number of carbonyl (C=O) groups excluding carboxylic acids is 1. The van der Waals surface area contributed by atoms with E-state index in [-0.39, 0.29) is 5.97 Å². The number of carbonyl (C=O) groups is 1. The van der Waals surface area contributed by atoms with E-state index in [1.54, 1.807) is 0 Å². The van der Waals surface area contributed by atoms with E-state index in [1.165, 1.54) is 12.0 Å². The average Bonchev–Trinajstić information content (AvgIpc) is 2.48. The van der Waals surface area contributed by atoms with Gasteiger partial charge in [-0.1, -0.05) is 24.9 Å². The second-order valence-electron chi connectivity index (χ2n) is 5.11. The molecule has 0 aliphatic rings. The molecule has 3 nitrogen and oxygen atoms in total. The Morgan fingerprint density at radius 2 is 2.00 bits per heavy atom. The molecule has 0 aromatic heterocycles. The smallest absolute Gasteiger partial charge is 0.325 e. The van der Waals surface area contributed by atoms with Crippen molar-refractivity contribution >= 4 is 29.3 Å². The van der Waals surface area contributed by atoms with Gasteiger partial charge in [0.05, 0.1) is 7.11 Å². The minimum Gasteiger partial charge on any atom is -0.468 e. The maximum atomic E-state index is 11.8. The number of hydrogen-bond donors (Lipinski definition) is 1. The molecule has 21 heavy (non-hydrogen) atoms. The second-order valence-corrected chi connectivity index (χ2v) is 6.72. The molecular formula is C16H24ClNO2S. The van der Waals surface area contributed by atoms with E-state index >= 15 is 0 Å². The van der Waals surface area contributed by atoms with E-state index in [2.05, 4.69) is 5.32 Å². The molecule has 0 saturated carbocycles. The molecule has 1 aromatic rings. The highest BCUT2D eigenvalue weighted by Crippen LogP contribution is 2.23. The molecule has 0 bridgehead atoms. The number of benzene rings is 1. The predicted molar refractivity (Wildman–Crippen MR) is 90.1 cm³/mol. The van der Waals surface area contributed by atoms with Gasteiger partial charge in [-0.15, -0.1) is 11.8 Å². The molecule has 0 aliphatic heterocycles. The van der Waals surface area contributed by atoms with Gasteiger partial charge in [-0.25, -0.2) is 0 Å². The fraction of sp³-hybridized carbons (Fsp3) is 0.562. The lowest BCUT2D eigenvalue weighted by atomic mass is 9.95. The first kappa shape index (κ1) is 18.3. The normalized spacial score (nSPS) is 13.7. The predicted octanol–water partition coefficient (Wildman–Crippen LogP) is 4.14. The van der Waals surface area contributed by atoms with Gasteiger partial charge in [-0.2, -0.15) is 0 Å². The number of thioether (sulfide) groups is 1. The van der Waals surface area contributed by atoms with Gasteiger partial charge in [-0.3, -0.25) is 4.79 Å². The molecule has 0 fully saturated rings. The first-order valence-corrected chi connectivity index (χ1v) is 8.60. The maximum absolute atomic E-state index is 11.8. The zero-order valence-electron chi connectivity index (χ0n) is 12.9. The molecule has 0 aliphatic carbocycles. The molecule has 1 atom stereocenters. The van der Waals surface area contributed by atoms with E-state index < -0.39 is 5.54 Å². The summed E-state index contributed by atoms with van der Waals surface area (Å²) in [5, 5.41) is 3.99. The lowest BCUT2D eigenvalue weighted by Gasteiger charge is -2.27. The topological polar surface area (TPSA) is 38.3 Å². The summed E-state index contributed by atoms with van der Waals surface area (Å²) >= 11 is 7.67. The summed E-state index contributed by atoms with van der Waals surface area (Å²) in [4.78, 5) is 13.1. The number of halogens is 1. The Kier molecular flexibility index (Phi) is 8.15. The Morgan fingerprint density at radius 3 is 2.57 bits per heavy atom. The van der Waals surface area contributed by atoms with E-state index in [9.17, 15) is 4.79 Å². The van der Waals surface area contributed by atoms with Crippen LogP contribution in [0.25, 0.3) is 0 Å². The fourth-order valence-corrected chi connectivity index (χ4v) is 3.22. The lowest BCUT2D eigenvalue weighted by Crippen LogP contribution is -2.50. The molecule has 0 saturated heterocycles. The van der Waals surface area contributed by atoms with Crippen molar-refractivity contribution in [3.63, 3.8) is 0 Å². The minimum atomic E-state index is -0.575. The van der Waals surface area contributed by atoms with Crippen LogP contribution in [0, 0.1) is 0 Å². The highest BCUT2D eigenvalue weighted by Gasteiger charge is 2.32. The van der Waals surface area contributed by atoms with E-state index in [0.717, 1.165) is 36.6 Å². The molecule has 1 aromatic carbocycles. The van der Waals surface area contributed by atoms with Crippen molar-refractivity contribution in [1.29, 1.82) is 0 Å². The van der Waals surface area contributed by atoms with Crippen LogP contribution >= 0.6 is 23.4 Å². The summed E-state index contributed by atoms with van der Waals surface area (Å²) < 4.78 is 4.89. The van der Waals surface area contributed by atoms with Crippen molar-refractivity contribution in [2.75, 3.05) is 19.4 Å². The number of unbranched alkanes of at least 4 members (excludes halogenated alkanes) is 1. The molecule has 1 rings (SSSR count). The van der Waals surface area contributed by atoms with Crippen molar-refractivity contribution in [3.05, 3.63) is 29.3 Å². The largest absolute Gasteiger partial charge is 0.468 e. The van der Waals surface area contributed by atoms with Gasteiger partial charge >= 0.3 is 5.97 Å². The van der Waals surface area contributed by atoms with E-state index in [0.29, 0.717) is 0 Å². The SMILES string of the molecule is CCNC(C)(CCCCSc1ccc(Cl)cc1)C(=O)OC. The minimum absolute atomic E-state index is 0.185. The van der Waals surface area contributed by atoms with Crippen LogP contribution in [0.1, 0.15) is 33.1 Å². The van der Waals surface area contributed by atoms with Gasteiger partial charge < -0.3 is 10.1 Å². The molecule has 5 heteroatoms. The monoisotopic (exact) mass is 329 g/mol. The Balaban J connectivity index is 2.31. The molecule has 1 N–H and O–H groups in total. The average molecular weight is 330 g/mol. The van der Waals surface area contributed by atoms with Crippen LogP contribution in [0.5, 0.6) is 0 Å². The lowest BCUT2D eigenvalue weighted by molar-refractivity contribution is -0.148. The van der Waals surface area contributed by atoms with Crippen molar-refractivity contribution in [3.8, 4) is 0 Å². The van der Waals surface area contributed by atoms with Crippen LogP contribution < -0.4 is 5.32 Å². The third-order valence-electron chi connectivity index (χ3n) is 3.36. The quantitative estimate of drug-likeness (QED) is 0.420. The summed E-state index contributed by atoms with van der Waals surface area (Å²) in [6, 6.07) is 7.88. The third-order valence-corrected chi connectivity index (χ3v) is 4.71. The first-order chi connectivity index (χ1) is 10.0. The van der Waals surface area contributed by atoms with Crippen molar-refractivity contribution in [2.45, 2.75) is 43.5 Å². The van der Waals surface area contributed by atoms with E-state index in [1.807, 2.05) is 49.9 Å². The summed E-state index contributed by atoms with van der Waals surface area (Å²) in [6.45, 7) is 4.66. The van der Waals surface area contributed by atoms with Gasteiger partial charge in [0, 0.05) is 9.92 Å². The third kappa shape index (κ3) is 6.29. The van der Waals surface area contributed by atoms with Gasteiger partial charge in [0.15, 0.2) is 0 Å². The number of nitrogens with one attached hydrogen (secondary N) is 1.